The number of hydrogen-bond donors (Lipinski definition) is 1. The maximum absolute atomic E-state index is 13.1. The topological polar surface area (TPSA) is 69.3 Å². The highest BCUT2D eigenvalue weighted by Gasteiger charge is 2.33. The van der Waals surface area contributed by atoms with Crippen LogP contribution in [0.1, 0.15) is 56.6 Å². The van der Waals surface area contributed by atoms with E-state index in [2.05, 4.69) is 23.7 Å². The minimum atomic E-state index is 0.00129. The summed E-state index contributed by atoms with van der Waals surface area (Å²) in [5, 5.41) is 0. The van der Waals surface area contributed by atoms with Gasteiger partial charge in [0.25, 0.3) is 5.56 Å². The first-order valence-electron chi connectivity index (χ1n) is 10.1. The van der Waals surface area contributed by atoms with Crippen LogP contribution in [0.15, 0.2) is 4.79 Å². The number of piperidine rings is 1. The Kier molecular flexibility index (Phi) is 4.86. The summed E-state index contributed by atoms with van der Waals surface area (Å²) in [5.74, 6) is 1.81. The smallest absolute Gasteiger partial charge is 0.254 e. The third kappa shape index (κ3) is 3.70. The fraction of sp³-hybridized carbons (Fsp3) is 0.750. The first-order chi connectivity index (χ1) is 12.5. The summed E-state index contributed by atoms with van der Waals surface area (Å²) in [6, 6.07) is 0.484. The minimum Gasteiger partial charge on any atom is -0.336 e. The molecule has 2 fully saturated rings. The van der Waals surface area contributed by atoms with Crippen molar-refractivity contribution >= 4 is 5.91 Å². The molecule has 4 rings (SSSR count). The van der Waals surface area contributed by atoms with E-state index in [4.69, 9.17) is 4.98 Å². The molecule has 0 aromatic carbocycles. The van der Waals surface area contributed by atoms with Crippen LogP contribution in [0.25, 0.3) is 0 Å². The molecule has 0 unspecified atom stereocenters. The molecule has 2 aliphatic heterocycles. The molecule has 1 atom stereocenters. The fourth-order valence-electron chi connectivity index (χ4n) is 4.31. The summed E-state index contributed by atoms with van der Waals surface area (Å²) in [4.78, 5) is 37.5. The lowest BCUT2D eigenvalue weighted by Crippen LogP contribution is -2.48. The van der Waals surface area contributed by atoms with Crippen molar-refractivity contribution in [3.05, 3.63) is 27.4 Å². The number of rotatable bonds is 4. The van der Waals surface area contributed by atoms with Crippen molar-refractivity contribution in [3.63, 3.8) is 0 Å². The van der Waals surface area contributed by atoms with E-state index in [1.807, 2.05) is 4.90 Å². The normalized spacial score (nSPS) is 24.0. The van der Waals surface area contributed by atoms with Gasteiger partial charge in [-0.1, -0.05) is 0 Å². The van der Waals surface area contributed by atoms with Crippen LogP contribution in [-0.4, -0.2) is 51.4 Å². The maximum Gasteiger partial charge on any atom is 0.254 e. The highest BCUT2D eigenvalue weighted by molar-refractivity contribution is 5.79. The number of fused-ring (bicyclic) bond motifs is 1. The number of nitrogens with zero attached hydrogens (tertiary/aromatic N) is 3. The molecule has 1 saturated heterocycles. The summed E-state index contributed by atoms with van der Waals surface area (Å²) in [7, 11) is 0. The molecule has 1 N–H and O–H groups in total. The number of carbonyl (C=O) groups is 1. The largest absolute Gasteiger partial charge is 0.336 e. The Balaban J connectivity index is 1.47. The van der Waals surface area contributed by atoms with Gasteiger partial charge in [-0.15, -0.1) is 0 Å². The van der Waals surface area contributed by atoms with Gasteiger partial charge in [-0.25, -0.2) is 4.98 Å². The summed E-state index contributed by atoms with van der Waals surface area (Å²) in [6.07, 6.45) is 6.01. The molecule has 3 heterocycles. The van der Waals surface area contributed by atoms with Crippen molar-refractivity contribution in [1.29, 1.82) is 0 Å². The van der Waals surface area contributed by atoms with E-state index in [1.165, 1.54) is 12.8 Å². The van der Waals surface area contributed by atoms with Crippen LogP contribution in [0.4, 0.5) is 0 Å². The number of amides is 1. The van der Waals surface area contributed by atoms with Crippen molar-refractivity contribution in [3.8, 4) is 0 Å². The van der Waals surface area contributed by atoms with Gasteiger partial charge in [0.1, 0.15) is 5.82 Å². The van der Waals surface area contributed by atoms with Crippen LogP contribution in [0, 0.1) is 11.8 Å². The van der Waals surface area contributed by atoms with Gasteiger partial charge in [0, 0.05) is 31.1 Å². The van der Waals surface area contributed by atoms with E-state index in [0.717, 1.165) is 49.4 Å². The molecule has 26 heavy (non-hydrogen) atoms. The summed E-state index contributed by atoms with van der Waals surface area (Å²) in [6.45, 7) is 7.47. The fourth-order valence-corrected chi connectivity index (χ4v) is 4.31. The van der Waals surface area contributed by atoms with Crippen LogP contribution in [0.2, 0.25) is 0 Å². The SMILES string of the molecule is CC(C)N1CCC[C@@H](C(=O)N2CCc3c(nc(CC4CC4)[nH]c3=O)C2)C1. The molecule has 142 valence electrons. The Hall–Kier alpha value is -1.69. The zero-order valence-electron chi connectivity index (χ0n) is 16.0. The third-order valence-electron chi connectivity index (χ3n) is 6.15. The van der Waals surface area contributed by atoms with E-state index < -0.39 is 0 Å². The van der Waals surface area contributed by atoms with Gasteiger partial charge in [-0.3, -0.25) is 9.59 Å². The highest BCUT2D eigenvalue weighted by Crippen LogP contribution is 2.31. The van der Waals surface area contributed by atoms with E-state index >= 15 is 0 Å². The molecular weight excluding hydrogens is 328 g/mol. The predicted molar refractivity (Wildman–Crippen MR) is 99.8 cm³/mol. The molecule has 0 radical (unpaired) electrons. The predicted octanol–water partition coefficient (Wildman–Crippen LogP) is 1.73. The lowest BCUT2D eigenvalue weighted by molar-refractivity contribution is -0.138. The van der Waals surface area contributed by atoms with Crippen LogP contribution < -0.4 is 5.56 Å². The Morgan fingerprint density at radius 1 is 1.27 bits per heavy atom. The Bertz CT molecular complexity index is 738. The third-order valence-corrected chi connectivity index (χ3v) is 6.15. The molecule has 1 aromatic rings. The zero-order chi connectivity index (χ0) is 18.3. The van der Waals surface area contributed by atoms with Gasteiger partial charge in [0.15, 0.2) is 0 Å². The summed E-state index contributed by atoms with van der Waals surface area (Å²) >= 11 is 0. The molecule has 1 aliphatic carbocycles. The van der Waals surface area contributed by atoms with Crippen molar-refractivity contribution in [2.75, 3.05) is 19.6 Å². The molecule has 0 spiro atoms. The zero-order valence-corrected chi connectivity index (χ0v) is 16.0. The van der Waals surface area contributed by atoms with E-state index in [-0.39, 0.29) is 17.4 Å². The molecule has 3 aliphatic rings. The first kappa shape index (κ1) is 17.7. The van der Waals surface area contributed by atoms with E-state index in [9.17, 15) is 9.59 Å². The average Bonchev–Trinajstić information content (AvgIpc) is 3.44. The number of likely N-dealkylation sites (tertiary alicyclic amines) is 1. The van der Waals surface area contributed by atoms with Crippen LogP contribution >= 0.6 is 0 Å². The minimum absolute atomic E-state index is 0.00129. The molecular formula is C20H30N4O2. The van der Waals surface area contributed by atoms with Gasteiger partial charge in [0.05, 0.1) is 18.2 Å². The van der Waals surface area contributed by atoms with E-state index in [1.54, 1.807) is 0 Å². The van der Waals surface area contributed by atoms with E-state index in [0.29, 0.717) is 31.5 Å². The Morgan fingerprint density at radius 2 is 2.08 bits per heavy atom. The lowest BCUT2D eigenvalue weighted by Gasteiger charge is -2.38. The second-order valence-corrected chi connectivity index (χ2v) is 8.52. The molecule has 1 saturated carbocycles. The number of hydrogen-bond acceptors (Lipinski definition) is 4. The van der Waals surface area contributed by atoms with Gasteiger partial charge in [-0.05, 0) is 58.4 Å². The van der Waals surface area contributed by atoms with Crippen LogP contribution in [0.3, 0.4) is 0 Å². The van der Waals surface area contributed by atoms with Crippen molar-refractivity contribution < 1.29 is 4.79 Å². The number of aromatic amines is 1. The average molecular weight is 358 g/mol. The van der Waals surface area contributed by atoms with Gasteiger partial charge >= 0.3 is 0 Å². The number of carbonyl (C=O) groups excluding carboxylic acids is 1. The van der Waals surface area contributed by atoms with Gasteiger partial charge < -0.3 is 14.8 Å². The van der Waals surface area contributed by atoms with Crippen molar-refractivity contribution in [1.82, 2.24) is 19.8 Å². The Labute approximate surface area is 155 Å². The first-order valence-corrected chi connectivity index (χ1v) is 10.1. The standard InChI is InChI=1S/C20H30N4O2/c1-13(2)23-8-3-4-15(11-23)20(26)24-9-7-16-17(12-24)21-18(22-19(16)25)10-14-5-6-14/h13-15H,3-12H2,1-2H3,(H,21,22,25)/t15-/m1/s1. The summed E-state index contributed by atoms with van der Waals surface area (Å²) < 4.78 is 0. The quantitative estimate of drug-likeness (QED) is 0.890. The molecule has 1 aromatic heterocycles. The van der Waals surface area contributed by atoms with Crippen molar-refractivity contribution in [2.24, 2.45) is 11.8 Å². The Morgan fingerprint density at radius 3 is 2.81 bits per heavy atom. The number of aromatic nitrogens is 2. The van der Waals surface area contributed by atoms with Gasteiger partial charge in [0.2, 0.25) is 5.91 Å². The number of nitrogens with one attached hydrogen (secondary N) is 1. The van der Waals surface area contributed by atoms with Crippen molar-refractivity contribution in [2.45, 2.75) is 65.0 Å². The highest BCUT2D eigenvalue weighted by atomic mass is 16.2. The van der Waals surface area contributed by atoms with Crippen LogP contribution in [0.5, 0.6) is 0 Å². The summed E-state index contributed by atoms with van der Waals surface area (Å²) in [5.41, 5.74) is 1.60. The van der Waals surface area contributed by atoms with Crippen LogP contribution in [-0.2, 0) is 24.2 Å². The second kappa shape index (κ2) is 7.14. The molecule has 6 heteroatoms. The lowest BCUT2D eigenvalue weighted by atomic mass is 9.94. The number of H-pyrrole nitrogens is 1. The molecule has 6 nitrogen and oxygen atoms in total. The molecule has 0 bridgehead atoms. The monoisotopic (exact) mass is 358 g/mol. The second-order valence-electron chi connectivity index (χ2n) is 8.52. The maximum atomic E-state index is 13.1. The molecule has 1 amide bonds. The van der Waals surface area contributed by atoms with Gasteiger partial charge in [-0.2, -0.15) is 0 Å².